The SMILES string of the molecule is CCCC[C@H](NC(=O)CCC(=O)NCCCOCCOCCOCCCNC(=O)CN1CCN(CC(=O)O)CCN(CC(=O)O)CCN(CC(=O)O)CC1)C(=O)N[C@H]1CSSC[C@@H](C(=O)O)NC(=O)[C@H](Cc2ccccc2)NC(=O)[C@H](CCC(N)=O)NC(=O)[C@H]([C@@H](C)O)NC(=O)[C@@H]2CCCN2C(=O)[C@@H]2CCCN2C1=O. The van der Waals surface area contributed by atoms with Crippen molar-refractivity contribution >= 4 is 110 Å². The van der Waals surface area contributed by atoms with Crippen LogP contribution >= 0.6 is 21.6 Å². The second-order valence-electron chi connectivity index (χ2n) is 27.2. The van der Waals surface area contributed by atoms with Crippen molar-refractivity contribution in [2.24, 2.45) is 5.73 Å². The number of hydrogen-bond acceptors (Lipinski definition) is 25. The molecule has 38 nitrogen and oxygen atoms in total. The summed E-state index contributed by atoms with van der Waals surface area (Å²) in [5, 5.41) is 70.8. The van der Waals surface area contributed by atoms with Gasteiger partial charge in [-0.3, -0.25) is 86.7 Å². The summed E-state index contributed by atoms with van der Waals surface area (Å²) in [6.07, 6.45) is -0.0485. The fourth-order valence-corrected chi connectivity index (χ4v) is 14.9. The Balaban J connectivity index is 1.09. The third-order valence-electron chi connectivity index (χ3n) is 18.5. The maximum atomic E-state index is 14.9. The van der Waals surface area contributed by atoms with E-state index < -0.39 is 150 Å². The molecule has 0 spiro atoms. The molecule has 1 aromatic carbocycles. The summed E-state index contributed by atoms with van der Waals surface area (Å²) in [6.45, 7) is 6.81. The van der Waals surface area contributed by atoms with Crippen molar-refractivity contribution in [1.29, 1.82) is 0 Å². The van der Waals surface area contributed by atoms with E-state index in [1.165, 1.54) is 16.7 Å². The average molecular weight is 1590 g/mol. The van der Waals surface area contributed by atoms with Gasteiger partial charge in [0.1, 0.15) is 48.3 Å². The number of ether oxygens (including phenoxy) is 3. The van der Waals surface area contributed by atoms with Crippen LogP contribution in [0.1, 0.15) is 103 Å². The molecule has 5 rings (SSSR count). The topological polar surface area (TPSA) is 527 Å². The molecule has 616 valence electrons. The van der Waals surface area contributed by atoms with E-state index >= 15 is 0 Å². The molecule has 4 aliphatic rings. The van der Waals surface area contributed by atoms with E-state index in [0.717, 1.165) is 21.6 Å². The van der Waals surface area contributed by atoms with Crippen LogP contribution in [0.3, 0.4) is 0 Å². The molecule has 110 heavy (non-hydrogen) atoms. The van der Waals surface area contributed by atoms with Gasteiger partial charge in [0.2, 0.25) is 65.0 Å². The molecule has 40 heteroatoms. The van der Waals surface area contributed by atoms with Crippen LogP contribution in [-0.4, -0.2) is 354 Å². The third-order valence-corrected chi connectivity index (χ3v) is 20.9. The molecule has 1 aromatic rings. The number of hydrogen-bond donors (Lipinski definition) is 14. The van der Waals surface area contributed by atoms with Crippen molar-refractivity contribution < 1.29 is 112 Å². The second kappa shape index (κ2) is 50.5. The maximum Gasteiger partial charge on any atom is 0.327 e. The predicted octanol–water partition coefficient (Wildman–Crippen LogP) is -4.25. The van der Waals surface area contributed by atoms with Gasteiger partial charge >= 0.3 is 23.9 Å². The lowest BCUT2D eigenvalue weighted by Crippen LogP contribution is -2.61. The van der Waals surface area contributed by atoms with Crippen LogP contribution in [-0.2, 0) is 92.5 Å². The first-order valence-corrected chi connectivity index (χ1v) is 39.8. The molecule has 4 fully saturated rings. The number of aliphatic hydroxyl groups is 1. The standard InChI is InChI=1S/C70H111N15O23S2/c1-3-4-14-48(74-57(89)20-19-56(88)72-21-10-33-106-35-37-108-38-36-107-34-11-22-73-58(90)40-80-25-27-81(41-59(91)92)29-31-83(43-61(95)96)32-30-82(28-26-80)42-60(93)94)63(97)77-51-44-109-110-45-52(70(104)105)78-65(99)50(39-47-12-6-5-7-13-47)76-64(98)49(17-18-55(71)87)75-67(101)62(46(2)86)79-66(100)53-15-8-23-84(53)69(103)54-16-9-24-85(54)68(51)102/h5-7,12-13,46,48-54,62,86H,3-4,8-11,14-45H2,1-2H3,(H2,71,87)(H,72,88)(H,73,90)(H,74,89)(H,75,101)(H,76,98)(H,77,97)(H,78,99)(H,79,100)(H,91,92)(H,93,94)(H,95,96)(H,104,105)/t46-,48+,49+,50+,51+,52+,53+,54+,62+/m1/s1. The molecule has 4 saturated heterocycles. The van der Waals surface area contributed by atoms with Gasteiger partial charge in [0.15, 0.2) is 0 Å². The van der Waals surface area contributed by atoms with E-state index in [9.17, 15) is 97.5 Å². The number of fused-ring (bicyclic) bond motifs is 2. The Hall–Kier alpha value is -8.35. The van der Waals surface area contributed by atoms with E-state index in [1.54, 1.807) is 45.0 Å². The highest BCUT2D eigenvalue weighted by molar-refractivity contribution is 8.76. The number of carboxylic acid groups (broad SMARTS) is 4. The Labute approximate surface area is 646 Å². The van der Waals surface area contributed by atoms with Crippen LogP contribution in [0.25, 0.3) is 0 Å². The number of nitrogens with two attached hydrogens (primary N) is 1. The minimum atomic E-state index is -1.73. The molecular weight excluding hydrogens is 1480 g/mol. The van der Waals surface area contributed by atoms with Gasteiger partial charge in [-0.05, 0) is 63.9 Å². The zero-order valence-electron chi connectivity index (χ0n) is 62.6. The molecule has 0 saturated carbocycles. The van der Waals surface area contributed by atoms with E-state index in [0.29, 0.717) is 70.3 Å². The molecule has 4 aliphatic heterocycles. The Morgan fingerprint density at radius 2 is 1.05 bits per heavy atom. The summed E-state index contributed by atoms with van der Waals surface area (Å²) in [6, 6.07) is -2.96. The Morgan fingerprint density at radius 1 is 0.555 bits per heavy atom. The number of primary amides is 1. The summed E-state index contributed by atoms with van der Waals surface area (Å²) in [7, 11) is 1.90. The summed E-state index contributed by atoms with van der Waals surface area (Å²) in [5.41, 5.74) is 5.97. The zero-order valence-corrected chi connectivity index (χ0v) is 64.2. The number of nitrogens with zero attached hydrogens (tertiary/aromatic N) is 6. The zero-order chi connectivity index (χ0) is 80.5. The number of aliphatic carboxylic acids is 4. The first-order chi connectivity index (χ1) is 52.6. The summed E-state index contributed by atoms with van der Waals surface area (Å²) in [4.78, 5) is 209. The van der Waals surface area contributed by atoms with Gasteiger partial charge in [-0.25, -0.2) is 4.79 Å². The number of carbonyl (C=O) groups is 15. The summed E-state index contributed by atoms with van der Waals surface area (Å²) < 4.78 is 16.8. The fraction of sp³-hybridized carbons (Fsp3) is 0.700. The number of benzene rings is 1. The highest BCUT2D eigenvalue weighted by Crippen LogP contribution is 2.29. The maximum absolute atomic E-state index is 14.9. The van der Waals surface area contributed by atoms with Gasteiger partial charge < -0.3 is 97.8 Å². The van der Waals surface area contributed by atoms with Crippen molar-refractivity contribution in [3.63, 3.8) is 0 Å². The average Bonchev–Trinajstić information content (AvgIpc) is 1.63. The van der Waals surface area contributed by atoms with Gasteiger partial charge in [-0.15, -0.1) is 0 Å². The quantitative estimate of drug-likeness (QED) is 0.0220. The Kier molecular flexibility index (Phi) is 42.4. The van der Waals surface area contributed by atoms with Crippen LogP contribution in [0.2, 0.25) is 0 Å². The fourth-order valence-electron chi connectivity index (χ4n) is 12.6. The van der Waals surface area contributed by atoms with E-state index in [4.69, 9.17) is 19.9 Å². The first-order valence-electron chi connectivity index (χ1n) is 37.3. The summed E-state index contributed by atoms with van der Waals surface area (Å²) >= 11 is 0. The van der Waals surface area contributed by atoms with Gasteiger partial charge in [0, 0.05) is 129 Å². The molecule has 0 bridgehead atoms. The highest BCUT2D eigenvalue weighted by Gasteiger charge is 2.45. The van der Waals surface area contributed by atoms with Crippen LogP contribution in [0.4, 0.5) is 0 Å². The molecule has 15 N–H and O–H groups in total. The number of aliphatic hydroxyl groups excluding tert-OH is 1. The lowest BCUT2D eigenvalue weighted by Gasteiger charge is -2.33. The van der Waals surface area contributed by atoms with E-state index in [1.807, 2.05) is 11.8 Å². The van der Waals surface area contributed by atoms with Crippen molar-refractivity contribution in [2.75, 3.05) is 156 Å². The molecule has 11 amide bonds. The normalized spacial score (nSPS) is 22.4. The van der Waals surface area contributed by atoms with Crippen molar-refractivity contribution in [3.05, 3.63) is 35.9 Å². The number of nitrogens with one attached hydrogen (secondary N) is 8. The molecule has 0 aliphatic carbocycles. The molecule has 0 aromatic heterocycles. The predicted molar refractivity (Wildman–Crippen MR) is 399 cm³/mol. The van der Waals surface area contributed by atoms with Crippen LogP contribution in [0, 0.1) is 0 Å². The van der Waals surface area contributed by atoms with E-state index in [-0.39, 0.29) is 174 Å². The molecule has 9 atom stereocenters. The number of carbonyl (C=O) groups excluding carboxylic acids is 11. The van der Waals surface area contributed by atoms with Gasteiger partial charge in [0.05, 0.1) is 58.7 Å². The summed E-state index contributed by atoms with van der Waals surface area (Å²) in [5.74, 6) is -13.3. The number of carboxylic acids is 4. The minimum Gasteiger partial charge on any atom is -0.480 e. The first kappa shape index (κ1) is 92.3. The van der Waals surface area contributed by atoms with Gasteiger partial charge in [-0.1, -0.05) is 71.7 Å². The monoisotopic (exact) mass is 1590 g/mol. The molecule has 0 unspecified atom stereocenters. The molecular formula is C70H111N15O23S2. The largest absolute Gasteiger partial charge is 0.480 e. The highest BCUT2D eigenvalue weighted by atomic mass is 33.1. The van der Waals surface area contributed by atoms with Crippen LogP contribution < -0.4 is 48.3 Å². The number of rotatable bonds is 38. The minimum absolute atomic E-state index is 0.0121. The molecule has 4 heterocycles. The van der Waals surface area contributed by atoms with Crippen molar-refractivity contribution in [1.82, 2.24) is 71.9 Å². The Morgan fingerprint density at radius 3 is 1.57 bits per heavy atom. The Bertz CT molecular complexity index is 3170. The lowest BCUT2D eigenvalue weighted by molar-refractivity contribution is -0.148. The van der Waals surface area contributed by atoms with Gasteiger partial charge in [-0.2, -0.15) is 0 Å². The number of unbranched alkanes of at least 4 members (excludes halogenated alkanes) is 1. The second-order valence-corrected chi connectivity index (χ2v) is 29.8. The van der Waals surface area contributed by atoms with E-state index in [2.05, 4.69) is 42.5 Å². The van der Waals surface area contributed by atoms with Crippen molar-refractivity contribution in [3.8, 4) is 0 Å². The van der Waals surface area contributed by atoms with Gasteiger partial charge in [0.25, 0.3) is 0 Å². The number of amides is 11. The molecule has 0 radical (unpaired) electrons. The van der Waals surface area contributed by atoms with Crippen molar-refractivity contribution in [2.45, 2.75) is 158 Å². The van der Waals surface area contributed by atoms with Crippen LogP contribution in [0.15, 0.2) is 30.3 Å². The lowest BCUT2D eigenvalue weighted by atomic mass is 10.0. The van der Waals surface area contributed by atoms with Crippen LogP contribution in [0.5, 0.6) is 0 Å². The smallest absolute Gasteiger partial charge is 0.327 e. The third kappa shape index (κ3) is 34.9.